The minimum absolute atomic E-state index is 0.277. The Kier molecular flexibility index (Phi) is 14.0. The Morgan fingerprint density at radius 2 is 0.926 bits per heavy atom. The monoisotopic (exact) mass is 822 g/mol. The second-order valence-electron chi connectivity index (χ2n) is 11.5. The summed E-state index contributed by atoms with van der Waals surface area (Å²) in [5.41, 5.74) is 5.55. The van der Waals surface area contributed by atoms with Crippen LogP contribution in [0.3, 0.4) is 0 Å². The van der Waals surface area contributed by atoms with Gasteiger partial charge in [-0.2, -0.15) is 0 Å². The molecule has 272 valence electrons. The van der Waals surface area contributed by atoms with Gasteiger partial charge in [-0.1, -0.05) is 82.5 Å². The number of halogens is 3. The van der Waals surface area contributed by atoms with Crippen LogP contribution in [0.1, 0.15) is 59.7 Å². The Morgan fingerprint density at radius 3 is 1.30 bits per heavy atom. The van der Waals surface area contributed by atoms with E-state index in [0.29, 0.717) is 60.4 Å². The molecule has 0 aliphatic carbocycles. The molecule has 13 heteroatoms. The van der Waals surface area contributed by atoms with E-state index in [-0.39, 0.29) is 23.6 Å². The number of rotatable bonds is 10. The number of carbonyl (C=O) groups excluding carboxylic acids is 4. The van der Waals surface area contributed by atoms with E-state index in [1.54, 1.807) is 109 Å². The van der Waals surface area contributed by atoms with Crippen molar-refractivity contribution in [1.82, 2.24) is 9.97 Å². The second kappa shape index (κ2) is 19.3. The zero-order chi connectivity index (χ0) is 38.5. The van der Waals surface area contributed by atoms with Crippen LogP contribution in [-0.4, -0.2) is 33.6 Å². The zero-order valence-electron chi connectivity index (χ0n) is 28.8. The van der Waals surface area contributed by atoms with Crippen LogP contribution in [0, 0.1) is 0 Å². The molecule has 2 aromatic heterocycles. The average Bonchev–Trinajstić information content (AvgIpc) is 3.21. The molecule has 0 spiro atoms. The third-order valence-corrected chi connectivity index (χ3v) is 8.92. The summed E-state index contributed by atoms with van der Waals surface area (Å²) in [6.07, 6.45) is 3.87. The van der Waals surface area contributed by atoms with Crippen molar-refractivity contribution >= 4 is 85.5 Å². The fourth-order valence-electron chi connectivity index (χ4n) is 4.78. The number of amides is 4. The highest BCUT2D eigenvalue weighted by atomic mass is 79.9. The van der Waals surface area contributed by atoms with E-state index in [1.165, 1.54) is 6.20 Å². The molecule has 0 bridgehead atoms. The van der Waals surface area contributed by atoms with Gasteiger partial charge in [0.25, 0.3) is 23.6 Å². The highest BCUT2D eigenvalue weighted by Gasteiger charge is 2.13. The molecular formula is C41H33BrCl2N6O4. The van der Waals surface area contributed by atoms with Gasteiger partial charge in [0.05, 0.1) is 38.2 Å². The molecule has 4 amide bonds. The fourth-order valence-corrected chi connectivity index (χ4v) is 5.44. The maximum atomic E-state index is 12.4. The molecule has 0 radical (unpaired) electrons. The van der Waals surface area contributed by atoms with Gasteiger partial charge in [0.1, 0.15) is 0 Å². The first-order chi connectivity index (χ1) is 26.1. The summed E-state index contributed by atoms with van der Waals surface area (Å²) in [4.78, 5) is 57.8. The van der Waals surface area contributed by atoms with Crippen molar-refractivity contribution in [2.75, 3.05) is 21.3 Å². The van der Waals surface area contributed by atoms with Gasteiger partial charge in [-0.05, 0) is 91.3 Å². The molecule has 0 aliphatic heterocycles. The van der Waals surface area contributed by atoms with Crippen LogP contribution in [0.4, 0.5) is 22.7 Å². The number of carbonyl (C=O) groups is 4. The second-order valence-corrected chi connectivity index (χ2v) is 12.9. The molecule has 0 saturated heterocycles. The third-order valence-electron chi connectivity index (χ3n) is 7.69. The van der Waals surface area contributed by atoms with Crippen molar-refractivity contribution in [3.8, 4) is 0 Å². The van der Waals surface area contributed by atoms with Gasteiger partial charge in [0.15, 0.2) is 0 Å². The first-order valence-corrected chi connectivity index (χ1v) is 18.4. The summed E-state index contributed by atoms with van der Waals surface area (Å²) < 4.78 is 0. The summed E-state index contributed by atoms with van der Waals surface area (Å²) in [6, 6.07) is 34.5. The number of hydrogen-bond donors (Lipinski definition) is 4. The van der Waals surface area contributed by atoms with Crippen LogP contribution in [0.2, 0.25) is 10.0 Å². The first-order valence-electron chi connectivity index (χ1n) is 16.5. The molecule has 6 aromatic rings. The number of benzene rings is 4. The number of nitrogens with one attached hydrogen (secondary N) is 4. The first kappa shape index (κ1) is 39.3. The van der Waals surface area contributed by atoms with E-state index < -0.39 is 0 Å². The van der Waals surface area contributed by atoms with E-state index >= 15 is 0 Å². The van der Waals surface area contributed by atoms with Crippen molar-refractivity contribution in [2.24, 2.45) is 0 Å². The van der Waals surface area contributed by atoms with Gasteiger partial charge in [-0.3, -0.25) is 29.1 Å². The molecular weight excluding hydrogens is 791 g/mol. The maximum Gasteiger partial charge on any atom is 0.257 e. The number of alkyl halides is 1. The van der Waals surface area contributed by atoms with E-state index in [9.17, 15) is 19.2 Å². The van der Waals surface area contributed by atoms with Gasteiger partial charge >= 0.3 is 0 Å². The number of aryl methyl sites for hydroxylation is 1. The third kappa shape index (κ3) is 11.1. The number of anilines is 4. The van der Waals surface area contributed by atoms with Crippen molar-refractivity contribution in [2.45, 2.75) is 18.7 Å². The molecule has 6 rings (SSSR count). The lowest BCUT2D eigenvalue weighted by Gasteiger charge is -2.11. The van der Waals surface area contributed by atoms with Gasteiger partial charge < -0.3 is 21.3 Å². The summed E-state index contributed by atoms with van der Waals surface area (Å²) >= 11 is 15.7. The van der Waals surface area contributed by atoms with E-state index in [1.807, 2.05) is 25.1 Å². The van der Waals surface area contributed by atoms with Crippen LogP contribution in [0.15, 0.2) is 134 Å². The summed E-state index contributed by atoms with van der Waals surface area (Å²) in [5.74, 6) is -1.14. The Hall–Kier alpha value is -5.88. The minimum Gasteiger partial charge on any atom is -0.322 e. The number of pyridine rings is 2. The molecule has 2 heterocycles. The molecule has 10 nitrogen and oxygen atoms in total. The SMILES string of the molecule is CCc1ccc(C(=O)Nc2ccc(Cl)c(NC(=O)c3ccccc3)c2)cn1.O=C(Nc1ccc(Cl)c(NC(=O)c2ccccc2)c1)c1ccc(CBr)nc1. The van der Waals surface area contributed by atoms with Crippen molar-refractivity contribution < 1.29 is 19.2 Å². The molecule has 54 heavy (non-hydrogen) atoms. The normalized spacial score (nSPS) is 10.3. The Labute approximate surface area is 330 Å². The highest BCUT2D eigenvalue weighted by molar-refractivity contribution is 9.08. The molecule has 4 aromatic carbocycles. The Balaban J connectivity index is 0.000000208. The summed E-state index contributed by atoms with van der Waals surface area (Å²) in [7, 11) is 0. The number of nitrogens with zero attached hydrogens (tertiary/aromatic N) is 2. The summed E-state index contributed by atoms with van der Waals surface area (Å²) in [6.45, 7) is 2.00. The molecule has 0 atom stereocenters. The number of hydrogen-bond acceptors (Lipinski definition) is 6. The lowest BCUT2D eigenvalue weighted by molar-refractivity contribution is 0.101. The Bertz CT molecular complexity index is 2080. The predicted molar refractivity (Wildman–Crippen MR) is 218 cm³/mol. The van der Waals surface area contributed by atoms with Crippen LogP contribution in [0.25, 0.3) is 0 Å². The lowest BCUT2D eigenvalue weighted by Crippen LogP contribution is -2.14. The van der Waals surface area contributed by atoms with E-state index in [0.717, 1.165) is 17.8 Å². The zero-order valence-corrected chi connectivity index (χ0v) is 31.9. The van der Waals surface area contributed by atoms with E-state index in [2.05, 4.69) is 47.2 Å². The van der Waals surface area contributed by atoms with Crippen LogP contribution >= 0.6 is 39.1 Å². The van der Waals surface area contributed by atoms with Gasteiger partial charge in [-0.15, -0.1) is 0 Å². The topological polar surface area (TPSA) is 142 Å². The maximum absolute atomic E-state index is 12.4. The van der Waals surface area contributed by atoms with Crippen LogP contribution in [-0.2, 0) is 11.8 Å². The van der Waals surface area contributed by atoms with Crippen LogP contribution < -0.4 is 21.3 Å². The standard InChI is InChI=1S/C21H18ClN3O2.C20H15BrClN3O2/c1-2-16-9-8-15(13-23-16)21(27)24-17-10-11-18(22)19(12-17)25-20(26)14-6-4-3-5-7-14;21-11-16-7-6-14(12-23-16)20(27)24-15-8-9-17(22)18(10-15)25-19(26)13-4-2-1-3-5-13/h3-13H,2H2,1H3,(H,24,27)(H,25,26);1-10,12H,11H2,(H,24,27)(H,25,26). The molecule has 0 unspecified atom stereocenters. The molecule has 0 fully saturated rings. The Morgan fingerprint density at radius 1 is 0.519 bits per heavy atom. The van der Waals surface area contributed by atoms with Gasteiger partial charge in [0, 0.05) is 45.9 Å². The van der Waals surface area contributed by atoms with E-state index in [4.69, 9.17) is 23.2 Å². The molecule has 0 aliphatic rings. The average molecular weight is 825 g/mol. The molecule has 4 N–H and O–H groups in total. The van der Waals surface area contributed by atoms with Crippen LogP contribution in [0.5, 0.6) is 0 Å². The minimum atomic E-state index is -0.300. The smallest absolute Gasteiger partial charge is 0.257 e. The van der Waals surface area contributed by atoms with Gasteiger partial charge in [0.2, 0.25) is 0 Å². The number of aromatic nitrogens is 2. The van der Waals surface area contributed by atoms with Crippen molar-refractivity contribution in [3.05, 3.63) is 177 Å². The highest BCUT2D eigenvalue weighted by Crippen LogP contribution is 2.28. The largest absolute Gasteiger partial charge is 0.322 e. The predicted octanol–water partition coefficient (Wildman–Crippen LogP) is 9.94. The quantitative estimate of drug-likeness (QED) is 0.101. The van der Waals surface area contributed by atoms with Crippen molar-refractivity contribution in [1.29, 1.82) is 0 Å². The fraction of sp³-hybridized carbons (Fsp3) is 0.0732. The molecule has 0 saturated carbocycles. The lowest BCUT2D eigenvalue weighted by atomic mass is 10.2. The summed E-state index contributed by atoms with van der Waals surface area (Å²) in [5, 5.41) is 12.5. The van der Waals surface area contributed by atoms with Gasteiger partial charge in [-0.25, -0.2) is 0 Å². The van der Waals surface area contributed by atoms with Crippen molar-refractivity contribution in [3.63, 3.8) is 0 Å².